The normalized spacial score (nSPS) is 10.5. The highest BCUT2D eigenvalue weighted by atomic mass is 35.5. The van der Waals surface area contributed by atoms with E-state index in [0.29, 0.717) is 28.0 Å². The molecule has 0 bridgehead atoms. The van der Waals surface area contributed by atoms with Crippen LogP contribution in [0.2, 0.25) is 10.0 Å². The molecule has 4 nitrogen and oxygen atoms in total. The molecular formula is C13H11Cl2NO3. The Kier molecular flexibility index (Phi) is 4.02. The highest BCUT2D eigenvalue weighted by molar-refractivity contribution is 6.35. The second kappa shape index (κ2) is 5.55. The molecule has 2 aromatic rings. The summed E-state index contributed by atoms with van der Waals surface area (Å²) in [4.78, 5) is 10.7. The molecule has 0 atom stereocenters. The Labute approximate surface area is 119 Å². The first-order chi connectivity index (χ1) is 8.97. The van der Waals surface area contributed by atoms with Crippen molar-refractivity contribution >= 4 is 34.9 Å². The fourth-order valence-electron chi connectivity index (χ4n) is 1.55. The minimum absolute atomic E-state index is 0.116. The van der Waals surface area contributed by atoms with Gasteiger partial charge in [-0.3, -0.25) is 0 Å². The molecule has 0 saturated heterocycles. The lowest BCUT2D eigenvalue weighted by Crippen LogP contribution is -1.99. The van der Waals surface area contributed by atoms with Crippen LogP contribution < -0.4 is 5.32 Å². The third kappa shape index (κ3) is 3.22. The van der Waals surface area contributed by atoms with Crippen LogP contribution in [-0.4, -0.2) is 11.1 Å². The van der Waals surface area contributed by atoms with Crippen molar-refractivity contribution in [2.75, 3.05) is 5.32 Å². The zero-order chi connectivity index (χ0) is 14.0. The van der Waals surface area contributed by atoms with Gasteiger partial charge in [-0.25, -0.2) is 4.79 Å². The summed E-state index contributed by atoms with van der Waals surface area (Å²) in [5, 5.41) is 13.0. The third-order valence-electron chi connectivity index (χ3n) is 2.60. The monoisotopic (exact) mass is 299 g/mol. The number of nitrogens with one attached hydrogen (secondary N) is 1. The second-order valence-corrected chi connectivity index (χ2v) is 4.86. The second-order valence-electron chi connectivity index (χ2n) is 4.04. The maximum atomic E-state index is 10.7. The van der Waals surface area contributed by atoms with E-state index in [1.165, 1.54) is 12.3 Å². The number of rotatable bonds is 4. The molecule has 6 heteroatoms. The summed E-state index contributed by atoms with van der Waals surface area (Å²) in [5.41, 5.74) is 1.68. The number of carboxylic acid groups (broad SMARTS) is 1. The standard InChI is InChI=1S/C13H11Cl2NO3/c1-7-2-11(15)12(4-10(7)14)16-5-9-3-8(6-19-9)13(17)18/h2-4,6,16H,5H2,1H3,(H,17,18). The number of carboxylic acids is 1. The Bertz CT molecular complexity index is 622. The van der Waals surface area contributed by atoms with E-state index in [9.17, 15) is 4.79 Å². The molecule has 0 spiro atoms. The van der Waals surface area contributed by atoms with Gasteiger partial charge in [0.25, 0.3) is 0 Å². The van der Waals surface area contributed by atoms with E-state index in [-0.39, 0.29) is 5.56 Å². The first-order valence-electron chi connectivity index (χ1n) is 5.47. The molecule has 2 rings (SSSR count). The molecule has 0 saturated carbocycles. The molecule has 0 fully saturated rings. The van der Waals surface area contributed by atoms with Gasteiger partial charge in [-0.05, 0) is 30.7 Å². The van der Waals surface area contributed by atoms with Crippen LogP contribution in [-0.2, 0) is 6.54 Å². The molecule has 0 radical (unpaired) electrons. The molecule has 0 aliphatic carbocycles. The number of furan rings is 1. The summed E-state index contributed by atoms with van der Waals surface area (Å²) in [5.74, 6) is -0.517. The van der Waals surface area contributed by atoms with Crippen molar-refractivity contribution < 1.29 is 14.3 Å². The van der Waals surface area contributed by atoms with Crippen molar-refractivity contribution in [2.45, 2.75) is 13.5 Å². The summed E-state index contributed by atoms with van der Waals surface area (Å²) in [6, 6.07) is 4.94. The van der Waals surface area contributed by atoms with Crippen LogP contribution in [0.3, 0.4) is 0 Å². The van der Waals surface area contributed by atoms with Crippen molar-refractivity contribution in [3.05, 3.63) is 51.4 Å². The molecule has 19 heavy (non-hydrogen) atoms. The van der Waals surface area contributed by atoms with Gasteiger partial charge in [0.05, 0.1) is 22.8 Å². The maximum Gasteiger partial charge on any atom is 0.338 e. The van der Waals surface area contributed by atoms with Gasteiger partial charge < -0.3 is 14.8 Å². The van der Waals surface area contributed by atoms with E-state index in [0.717, 1.165) is 5.56 Å². The van der Waals surface area contributed by atoms with E-state index < -0.39 is 5.97 Å². The Hall–Kier alpha value is -1.65. The summed E-state index contributed by atoms with van der Waals surface area (Å²) in [6.45, 7) is 2.19. The van der Waals surface area contributed by atoms with Gasteiger partial charge in [0.2, 0.25) is 0 Å². The van der Waals surface area contributed by atoms with E-state index in [1.54, 1.807) is 12.1 Å². The fourth-order valence-corrected chi connectivity index (χ4v) is 2.00. The number of carbonyl (C=O) groups is 1. The van der Waals surface area contributed by atoms with Gasteiger partial charge in [0.15, 0.2) is 0 Å². The van der Waals surface area contributed by atoms with Gasteiger partial charge in [-0.2, -0.15) is 0 Å². The van der Waals surface area contributed by atoms with Crippen molar-refractivity contribution in [1.29, 1.82) is 0 Å². The highest BCUT2D eigenvalue weighted by Crippen LogP contribution is 2.29. The highest BCUT2D eigenvalue weighted by Gasteiger charge is 2.09. The van der Waals surface area contributed by atoms with Crippen LogP contribution in [0.1, 0.15) is 21.7 Å². The maximum absolute atomic E-state index is 10.7. The Morgan fingerprint density at radius 1 is 1.32 bits per heavy atom. The minimum atomic E-state index is -1.02. The molecular weight excluding hydrogens is 289 g/mol. The van der Waals surface area contributed by atoms with Gasteiger partial charge in [-0.15, -0.1) is 0 Å². The van der Waals surface area contributed by atoms with Gasteiger partial charge in [0, 0.05) is 5.02 Å². The third-order valence-corrected chi connectivity index (χ3v) is 3.32. The number of hydrogen-bond donors (Lipinski definition) is 2. The largest absolute Gasteiger partial charge is 0.478 e. The van der Waals surface area contributed by atoms with E-state index in [4.69, 9.17) is 32.7 Å². The van der Waals surface area contributed by atoms with Crippen LogP contribution in [0.5, 0.6) is 0 Å². The predicted octanol–water partition coefficient (Wildman–Crippen LogP) is 4.21. The van der Waals surface area contributed by atoms with E-state index in [2.05, 4.69) is 5.32 Å². The quantitative estimate of drug-likeness (QED) is 0.888. The Morgan fingerprint density at radius 3 is 2.68 bits per heavy atom. The number of anilines is 1. The summed E-state index contributed by atoms with van der Waals surface area (Å²) in [6.07, 6.45) is 1.20. The van der Waals surface area contributed by atoms with Crippen LogP contribution in [0, 0.1) is 6.92 Å². The number of halogens is 2. The molecule has 100 valence electrons. The molecule has 1 heterocycles. The van der Waals surface area contributed by atoms with E-state index in [1.807, 2.05) is 6.92 Å². The van der Waals surface area contributed by atoms with Gasteiger partial charge >= 0.3 is 5.97 Å². The molecule has 0 aliphatic rings. The lowest BCUT2D eigenvalue weighted by Gasteiger charge is -2.09. The Morgan fingerprint density at radius 2 is 2.05 bits per heavy atom. The molecule has 0 amide bonds. The SMILES string of the molecule is Cc1cc(Cl)c(NCc2cc(C(=O)O)co2)cc1Cl. The number of aromatic carboxylic acids is 1. The topological polar surface area (TPSA) is 62.5 Å². The van der Waals surface area contributed by atoms with Crippen molar-refractivity contribution in [2.24, 2.45) is 0 Å². The lowest BCUT2D eigenvalue weighted by atomic mass is 10.2. The molecule has 1 aromatic carbocycles. The Balaban J connectivity index is 2.09. The van der Waals surface area contributed by atoms with Gasteiger partial charge in [0.1, 0.15) is 12.0 Å². The van der Waals surface area contributed by atoms with Crippen LogP contribution in [0.25, 0.3) is 0 Å². The molecule has 2 N–H and O–H groups in total. The summed E-state index contributed by atoms with van der Waals surface area (Å²) in [7, 11) is 0. The average molecular weight is 300 g/mol. The molecule has 0 aliphatic heterocycles. The van der Waals surface area contributed by atoms with E-state index >= 15 is 0 Å². The summed E-state index contributed by atoms with van der Waals surface area (Å²) < 4.78 is 5.12. The number of hydrogen-bond acceptors (Lipinski definition) is 3. The fraction of sp³-hybridized carbons (Fsp3) is 0.154. The zero-order valence-electron chi connectivity index (χ0n) is 10.0. The van der Waals surface area contributed by atoms with Gasteiger partial charge in [-0.1, -0.05) is 23.2 Å². The molecule has 1 aromatic heterocycles. The predicted molar refractivity (Wildman–Crippen MR) is 74.2 cm³/mol. The smallest absolute Gasteiger partial charge is 0.338 e. The zero-order valence-corrected chi connectivity index (χ0v) is 11.5. The molecule has 0 unspecified atom stereocenters. The van der Waals surface area contributed by atoms with Crippen LogP contribution >= 0.6 is 23.2 Å². The summed E-state index contributed by atoms with van der Waals surface area (Å²) >= 11 is 12.1. The number of benzene rings is 1. The first kappa shape index (κ1) is 13.8. The van der Waals surface area contributed by atoms with Crippen LogP contribution in [0.15, 0.2) is 28.9 Å². The lowest BCUT2D eigenvalue weighted by molar-refractivity contribution is 0.0696. The average Bonchev–Trinajstić information content (AvgIpc) is 2.81. The number of aryl methyl sites for hydroxylation is 1. The minimum Gasteiger partial charge on any atom is -0.478 e. The van der Waals surface area contributed by atoms with Crippen molar-refractivity contribution in [3.63, 3.8) is 0 Å². The van der Waals surface area contributed by atoms with Crippen molar-refractivity contribution in [1.82, 2.24) is 0 Å². The first-order valence-corrected chi connectivity index (χ1v) is 6.23. The van der Waals surface area contributed by atoms with Crippen molar-refractivity contribution in [3.8, 4) is 0 Å². The van der Waals surface area contributed by atoms with Crippen LogP contribution in [0.4, 0.5) is 5.69 Å².